The molecule has 3 fully saturated rings. The van der Waals surface area contributed by atoms with Crippen LogP contribution in [0.3, 0.4) is 0 Å². The molecule has 1 saturated carbocycles. The van der Waals surface area contributed by atoms with E-state index in [0.717, 1.165) is 63.9 Å². The lowest BCUT2D eigenvalue weighted by Gasteiger charge is -2.41. The third-order valence-electron chi connectivity index (χ3n) is 7.10. The van der Waals surface area contributed by atoms with Gasteiger partial charge in [0, 0.05) is 25.7 Å². The van der Waals surface area contributed by atoms with E-state index >= 15 is 0 Å². The van der Waals surface area contributed by atoms with Crippen LogP contribution < -0.4 is 10.2 Å². The molecule has 176 valence electrons. The van der Waals surface area contributed by atoms with Crippen molar-refractivity contribution in [3.8, 4) is 0 Å². The number of rotatable bonds is 5. The van der Waals surface area contributed by atoms with E-state index in [0.29, 0.717) is 18.8 Å². The largest absolute Gasteiger partial charge is 0.449 e. The SMILES string of the molecule is CC(C)COC(=O)Nc1ccc(N2CCC[C@]3(CCN([C@H]4CC[C@H](O)CC4)C3=O)C2)nc1. The second-order valence-electron chi connectivity index (χ2n) is 10.0. The van der Waals surface area contributed by atoms with Crippen molar-refractivity contribution < 1.29 is 19.4 Å². The van der Waals surface area contributed by atoms with Crippen LogP contribution in [-0.2, 0) is 9.53 Å². The molecule has 2 amide bonds. The fourth-order valence-electron chi connectivity index (χ4n) is 5.32. The highest BCUT2D eigenvalue weighted by Crippen LogP contribution is 2.43. The standard InChI is InChI=1S/C24H36N4O4/c1-17(2)15-32-23(31)26-18-4-9-21(25-14-18)27-12-3-10-24(16-27)11-13-28(22(24)30)19-5-7-20(29)8-6-19/h4,9,14,17,19-20,29H,3,5-8,10-13,15-16H2,1-2H3,(H,26,31)/t19-,20-,24-/m0/s1. The van der Waals surface area contributed by atoms with Gasteiger partial charge in [-0.2, -0.15) is 0 Å². The van der Waals surface area contributed by atoms with Crippen LogP contribution in [0.2, 0.25) is 0 Å². The normalized spacial score (nSPS) is 28.4. The van der Waals surface area contributed by atoms with Gasteiger partial charge in [0.2, 0.25) is 5.91 Å². The molecule has 4 rings (SSSR count). The van der Waals surface area contributed by atoms with Crippen LogP contribution in [0.25, 0.3) is 0 Å². The number of aliphatic hydroxyl groups excluding tert-OH is 1. The summed E-state index contributed by atoms with van der Waals surface area (Å²) < 4.78 is 5.15. The van der Waals surface area contributed by atoms with Gasteiger partial charge in [-0.3, -0.25) is 10.1 Å². The second kappa shape index (κ2) is 9.65. The average molecular weight is 445 g/mol. The first-order chi connectivity index (χ1) is 15.4. The van der Waals surface area contributed by atoms with Crippen molar-refractivity contribution in [2.45, 2.75) is 70.9 Å². The Morgan fingerprint density at radius 1 is 1.25 bits per heavy atom. The Bertz CT molecular complexity index is 807. The Kier molecular flexibility index (Phi) is 6.88. The second-order valence-corrected chi connectivity index (χ2v) is 10.0. The van der Waals surface area contributed by atoms with E-state index in [4.69, 9.17) is 4.74 Å². The Morgan fingerprint density at radius 2 is 2.03 bits per heavy atom. The van der Waals surface area contributed by atoms with Crippen LogP contribution in [0.15, 0.2) is 18.3 Å². The van der Waals surface area contributed by atoms with Crippen LogP contribution in [0, 0.1) is 11.3 Å². The van der Waals surface area contributed by atoms with Gasteiger partial charge < -0.3 is 19.6 Å². The monoisotopic (exact) mass is 444 g/mol. The minimum Gasteiger partial charge on any atom is -0.449 e. The summed E-state index contributed by atoms with van der Waals surface area (Å²) in [6.07, 6.45) is 7.14. The van der Waals surface area contributed by atoms with Gasteiger partial charge in [0.25, 0.3) is 0 Å². The zero-order chi connectivity index (χ0) is 22.7. The van der Waals surface area contributed by atoms with E-state index < -0.39 is 6.09 Å². The molecule has 0 radical (unpaired) electrons. The van der Waals surface area contributed by atoms with Gasteiger partial charge in [-0.15, -0.1) is 0 Å². The van der Waals surface area contributed by atoms with Crippen molar-refractivity contribution in [3.05, 3.63) is 18.3 Å². The van der Waals surface area contributed by atoms with Crippen LogP contribution in [0.1, 0.15) is 58.8 Å². The molecule has 1 aromatic heterocycles. The first kappa shape index (κ1) is 22.8. The van der Waals surface area contributed by atoms with Gasteiger partial charge in [0.15, 0.2) is 0 Å². The fraction of sp³-hybridized carbons (Fsp3) is 0.708. The number of pyridine rings is 1. The molecule has 1 aliphatic carbocycles. The molecule has 3 heterocycles. The van der Waals surface area contributed by atoms with Crippen LogP contribution in [0.5, 0.6) is 0 Å². The molecule has 0 bridgehead atoms. The van der Waals surface area contributed by atoms with Gasteiger partial charge in [0.05, 0.1) is 30.0 Å². The average Bonchev–Trinajstić information content (AvgIpc) is 3.09. The van der Waals surface area contributed by atoms with Crippen LogP contribution in [-0.4, -0.2) is 65.4 Å². The summed E-state index contributed by atoms with van der Waals surface area (Å²) in [5.74, 6) is 1.40. The number of ether oxygens (including phenoxy) is 1. The lowest BCUT2D eigenvalue weighted by molar-refractivity contribution is -0.139. The molecule has 2 aliphatic heterocycles. The number of likely N-dealkylation sites (tertiary alicyclic amines) is 1. The molecule has 8 nitrogen and oxygen atoms in total. The Hall–Kier alpha value is -2.35. The van der Waals surface area contributed by atoms with Crippen molar-refractivity contribution in [2.75, 3.05) is 36.5 Å². The minimum atomic E-state index is -0.475. The van der Waals surface area contributed by atoms with Crippen molar-refractivity contribution in [2.24, 2.45) is 11.3 Å². The summed E-state index contributed by atoms with van der Waals surface area (Å²) in [5.41, 5.74) is 0.268. The predicted molar refractivity (Wildman–Crippen MR) is 123 cm³/mol. The van der Waals surface area contributed by atoms with E-state index in [1.165, 1.54) is 0 Å². The number of aromatic nitrogens is 1. The number of nitrogens with one attached hydrogen (secondary N) is 1. The van der Waals surface area contributed by atoms with Crippen LogP contribution >= 0.6 is 0 Å². The summed E-state index contributed by atoms with van der Waals surface area (Å²) in [7, 11) is 0. The lowest BCUT2D eigenvalue weighted by Crippen LogP contribution is -2.50. The molecular weight excluding hydrogens is 408 g/mol. The molecule has 0 aromatic carbocycles. The summed E-state index contributed by atoms with van der Waals surface area (Å²) in [5, 5.41) is 12.5. The number of carbonyl (C=O) groups is 2. The van der Waals surface area contributed by atoms with Gasteiger partial charge >= 0.3 is 6.09 Å². The van der Waals surface area contributed by atoms with Gasteiger partial charge in [0.1, 0.15) is 5.82 Å². The molecule has 1 aromatic rings. The van der Waals surface area contributed by atoms with E-state index in [-0.39, 0.29) is 29.4 Å². The zero-order valence-corrected chi connectivity index (χ0v) is 19.3. The summed E-state index contributed by atoms with van der Waals surface area (Å²) in [6, 6.07) is 4.01. The first-order valence-electron chi connectivity index (χ1n) is 12.0. The topological polar surface area (TPSA) is 95.0 Å². The van der Waals surface area contributed by atoms with Crippen molar-refractivity contribution in [1.29, 1.82) is 0 Å². The molecule has 32 heavy (non-hydrogen) atoms. The Labute approximate surface area is 190 Å². The van der Waals surface area contributed by atoms with Crippen molar-refractivity contribution in [1.82, 2.24) is 9.88 Å². The summed E-state index contributed by atoms with van der Waals surface area (Å²) >= 11 is 0. The molecule has 1 atom stereocenters. The third kappa shape index (κ3) is 5.00. The highest BCUT2D eigenvalue weighted by Gasteiger charge is 2.50. The molecule has 0 unspecified atom stereocenters. The fourth-order valence-corrected chi connectivity index (χ4v) is 5.32. The molecule has 1 spiro atoms. The van der Waals surface area contributed by atoms with E-state index in [9.17, 15) is 14.7 Å². The highest BCUT2D eigenvalue weighted by molar-refractivity contribution is 5.86. The molecular formula is C24H36N4O4. The maximum atomic E-state index is 13.5. The number of carbonyl (C=O) groups excluding carboxylic acids is 2. The zero-order valence-electron chi connectivity index (χ0n) is 19.3. The number of hydrogen-bond acceptors (Lipinski definition) is 6. The van der Waals surface area contributed by atoms with Crippen molar-refractivity contribution in [3.63, 3.8) is 0 Å². The molecule has 3 aliphatic rings. The Balaban J connectivity index is 1.36. The number of piperidine rings is 1. The van der Waals surface area contributed by atoms with E-state index in [2.05, 4.69) is 20.1 Å². The van der Waals surface area contributed by atoms with E-state index in [1.54, 1.807) is 6.20 Å². The van der Waals surface area contributed by atoms with Gasteiger partial charge in [-0.1, -0.05) is 13.8 Å². The highest BCUT2D eigenvalue weighted by atomic mass is 16.5. The minimum absolute atomic E-state index is 0.205. The maximum absolute atomic E-state index is 13.5. The van der Waals surface area contributed by atoms with Crippen LogP contribution in [0.4, 0.5) is 16.3 Å². The van der Waals surface area contributed by atoms with Gasteiger partial charge in [-0.25, -0.2) is 9.78 Å². The Morgan fingerprint density at radius 3 is 2.72 bits per heavy atom. The molecule has 8 heteroatoms. The molecule has 2 saturated heterocycles. The molecule has 2 N–H and O–H groups in total. The quantitative estimate of drug-likeness (QED) is 0.723. The number of hydrogen-bond donors (Lipinski definition) is 2. The third-order valence-corrected chi connectivity index (χ3v) is 7.10. The number of nitrogens with zero attached hydrogens (tertiary/aromatic N) is 3. The summed E-state index contributed by atoms with van der Waals surface area (Å²) in [4.78, 5) is 34.2. The summed E-state index contributed by atoms with van der Waals surface area (Å²) in [6.45, 7) is 6.74. The lowest BCUT2D eigenvalue weighted by atomic mass is 9.78. The number of amides is 2. The predicted octanol–water partition coefficient (Wildman–Crippen LogP) is 3.41. The maximum Gasteiger partial charge on any atom is 0.411 e. The van der Waals surface area contributed by atoms with Crippen molar-refractivity contribution >= 4 is 23.5 Å². The van der Waals surface area contributed by atoms with E-state index in [1.807, 2.05) is 26.0 Å². The smallest absolute Gasteiger partial charge is 0.411 e. The first-order valence-corrected chi connectivity index (χ1v) is 12.0. The number of anilines is 2. The van der Waals surface area contributed by atoms with Gasteiger partial charge in [-0.05, 0) is 63.0 Å². The number of aliphatic hydroxyl groups is 1.